The second-order valence-corrected chi connectivity index (χ2v) is 7.50. The number of nitrogens with zero attached hydrogens (tertiary/aromatic N) is 2. The highest BCUT2D eigenvalue weighted by molar-refractivity contribution is 6.31. The molecule has 2 aromatic rings. The van der Waals surface area contributed by atoms with Crippen molar-refractivity contribution in [2.75, 3.05) is 18.0 Å². The first kappa shape index (κ1) is 19.8. The molecular weight excluding hydrogens is 363 g/mol. The summed E-state index contributed by atoms with van der Waals surface area (Å²) < 4.78 is 13.3. The Morgan fingerprint density at radius 1 is 1.15 bits per heavy atom. The number of halogens is 2. The molecule has 1 amide bonds. The van der Waals surface area contributed by atoms with Crippen molar-refractivity contribution in [3.05, 3.63) is 64.9 Å². The molecule has 0 spiro atoms. The molecule has 0 radical (unpaired) electrons. The SMILES string of the molecule is CCCC(=O)N(c1ccc(F)cc1)C1CCN(Cc2ccccc2Cl)CC1. The maximum Gasteiger partial charge on any atom is 0.227 e. The van der Waals surface area contributed by atoms with Crippen LogP contribution in [0.1, 0.15) is 38.2 Å². The van der Waals surface area contributed by atoms with Gasteiger partial charge in [0.25, 0.3) is 0 Å². The minimum absolute atomic E-state index is 0.119. The van der Waals surface area contributed by atoms with Crippen molar-refractivity contribution in [2.45, 2.75) is 45.2 Å². The molecule has 0 saturated carbocycles. The minimum Gasteiger partial charge on any atom is -0.309 e. The molecule has 1 aliphatic rings. The molecule has 0 aliphatic carbocycles. The van der Waals surface area contributed by atoms with E-state index in [2.05, 4.69) is 11.0 Å². The summed E-state index contributed by atoms with van der Waals surface area (Å²) in [7, 11) is 0. The number of hydrogen-bond donors (Lipinski definition) is 0. The highest BCUT2D eigenvalue weighted by atomic mass is 35.5. The van der Waals surface area contributed by atoms with Gasteiger partial charge in [-0.3, -0.25) is 9.69 Å². The second kappa shape index (κ2) is 9.34. The summed E-state index contributed by atoms with van der Waals surface area (Å²) in [6.45, 7) is 4.65. The van der Waals surface area contributed by atoms with Gasteiger partial charge in [0.2, 0.25) is 5.91 Å². The Labute approximate surface area is 165 Å². The van der Waals surface area contributed by atoms with E-state index in [-0.39, 0.29) is 17.8 Å². The Bertz CT molecular complexity index is 757. The predicted octanol–water partition coefficient (Wildman–Crippen LogP) is 5.28. The lowest BCUT2D eigenvalue weighted by Gasteiger charge is -2.38. The number of carbonyl (C=O) groups is 1. The minimum atomic E-state index is -0.281. The van der Waals surface area contributed by atoms with Gasteiger partial charge in [-0.15, -0.1) is 0 Å². The molecule has 3 rings (SSSR count). The Kier molecular flexibility index (Phi) is 6.86. The number of hydrogen-bond acceptors (Lipinski definition) is 2. The lowest BCUT2D eigenvalue weighted by Crippen LogP contribution is -2.47. The second-order valence-electron chi connectivity index (χ2n) is 7.09. The van der Waals surface area contributed by atoms with E-state index in [1.54, 1.807) is 12.1 Å². The highest BCUT2D eigenvalue weighted by Crippen LogP contribution is 2.27. The summed E-state index contributed by atoms with van der Waals surface area (Å²) in [5.41, 5.74) is 1.93. The van der Waals surface area contributed by atoms with Crippen LogP contribution in [-0.4, -0.2) is 29.9 Å². The van der Waals surface area contributed by atoms with Gasteiger partial charge in [0.15, 0.2) is 0 Å². The molecule has 1 saturated heterocycles. The van der Waals surface area contributed by atoms with Gasteiger partial charge in [-0.25, -0.2) is 4.39 Å². The van der Waals surface area contributed by atoms with E-state index in [1.165, 1.54) is 12.1 Å². The third-order valence-electron chi connectivity index (χ3n) is 5.11. The summed E-state index contributed by atoms with van der Waals surface area (Å²) in [4.78, 5) is 17.0. The number of anilines is 1. The van der Waals surface area contributed by atoms with Crippen molar-refractivity contribution in [1.29, 1.82) is 0 Å². The van der Waals surface area contributed by atoms with Crippen LogP contribution in [-0.2, 0) is 11.3 Å². The number of carbonyl (C=O) groups excluding carboxylic acids is 1. The van der Waals surface area contributed by atoms with Gasteiger partial charge in [-0.2, -0.15) is 0 Å². The fourth-order valence-corrected chi connectivity index (χ4v) is 3.89. The van der Waals surface area contributed by atoms with Crippen molar-refractivity contribution in [1.82, 2.24) is 4.90 Å². The van der Waals surface area contributed by atoms with E-state index in [4.69, 9.17) is 11.6 Å². The van der Waals surface area contributed by atoms with Crippen molar-refractivity contribution in [3.8, 4) is 0 Å². The van der Waals surface area contributed by atoms with E-state index in [0.717, 1.165) is 55.2 Å². The van der Waals surface area contributed by atoms with E-state index in [9.17, 15) is 9.18 Å². The molecular formula is C22H26ClFN2O. The van der Waals surface area contributed by atoms with Crippen LogP contribution in [0.4, 0.5) is 10.1 Å². The molecule has 2 aromatic carbocycles. The molecule has 1 heterocycles. The van der Waals surface area contributed by atoms with Crippen molar-refractivity contribution in [2.24, 2.45) is 0 Å². The zero-order valence-corrected chi connectivity index (χ0v) is 16.5. The van der Waals surface area contributed by atoms with Crippen LogP contribution in [0.5, 0.6) is 0 Å². The number of likely N-dealkylation sites (tertiary alicyclic amines) is 1. The van der Waals surface area contributed by atoms with Gasteiger partial charge in [0.1, 0.15) is 5.82 Å². The number of amides is 1. The number of rotatable bonds is 6. The lowest BCUT2D eigenvalue weighted by atomic mass is 10.0. The Hall–Kier alpha value is -1.91. The summed E-state index contributed by atoms with van der Waals surface area (Å²) in [6.07, 6.45) is 3.12. The van der Waals surface area contributed by atoms with E-state index in [1.807, 2.05) is 30.0 Å². The maximum atomic E-state index is 13.3. The smallest absolute Gasteiger partial charge is 0.227 e. The molecule has 0 bridgehead atoms. The zero-order chi connectivity index (χ0) is 19.2. The molecule has 3 nitrogen and oxygen atoms in total. The third-order valence-corrected chi connectivity index (χ3v) is 5.48. The fraction of sp³-hybridized carbons (Fsp3) is 0.409. The number of benzene rings is 2. The summed E-state index contributed by atoms with van der Waals surface area (Å²) in [5, 5.41) is 0.797. The van der Waals surface area contributed by atoms with Crippen molar-refractivity contribution in [3.63, 3.8) is 0 Å². The Balaban J connectivity index is 1.68. The van der Waals surface area contributed by atoms with E-state index >= 15 is 0 Å². The molecule has 0 aromatic heterocycles. The molecule has 1 aliphatic heterocycles. The zero-order valence-electron chi connectivity index (χ0n) is 15.7. The largest absolute Gasteiger partial charge is 0.309 e. The molecule has 144 valence electrons. The van der Waals surface area contributed by atoms with E-state index in [0.29, 0.717) is 6.42 Å². The predicted molar refractivity (Wildman–Crippen MR) is 109 cm³/mol. The van der Waals surface area contributed by atoms with Crippen LogP contribution < -0.4 is 4.90 Å². The highest BCUT2D eigenvalue weighted by Gasteiger charge is 2.28. The van der Waals surface area contributed by atoms with Gasteiger partial charge in [-0.1, -0.05) is 36.7 Å². The topological polar surface area (TPSA) is 23.6 Å². The van der Waals surface area contributed by atoms with Crippen LogP contribution >= 0.6 is 11.6 Å². The Morgan fingerprint density at radius 3 is 2.44 bits per heavy atom. The molecule has 0 atom stereocenters. The molecule has 0 N–H and O–H groups in total. The first-order valence-electron chi connectivity index (χ1n) is 9.62. The Morgan fingerprint density at radius 2 is 1.81 bits per heavy atom. The molecule has 1 fully saturated rings. The monoisotopic (exact) mass is 388 g/mol. The summed E-state index contributed by atoms with van der Waals surface area (Å²) in [5.74, 6) is -0.162. The third kappa shape index (κ3) is 5.08. The van der Waals surface area contributed by atoms with Crippen LogP contribution in [0.25, 0.3) is 0 Å². The van der Waals surface area contributed by atoms with Gasteiger partial charge >= 0.3 is 0 Å². The molecule has 0 unspecified atom stereocenters. The van der Waals surface area contributed by atoms with Gasteiger partial charge in [0.05, 0.1) is 0 Å². The van der Waals surface area contributed by atoms with Crippen LogP contribution in [0, 0.1) is 5.82 Å². The fourth-order valence-electron chi connectivity index (χ4n) is 3.70. The van der Waals surface area contributed by atoms with E-state index < -0.39 is 0 Å². The van der Waals surface area contributed by atoms with Gasteiger partial charge in [0, 0.05) is 42.8 Å². The number of piperidine rings is 1. The van der Waals surface area contributed by atoms with Crippen LogP contribution in [0.3, 0.4) is 0 Å². The first-order valence-corrected chi connectivity index (χ1v) is 9.99. The maximum absolute atomic E-state index is 13.3. The average Bonchev–Trinajstić information content (AvgIpc) is 2.67. The quantitative estimate of drug-likeness (QED) is 0.672. The standard InChI is InChI=1S/C22H26ClFN2O/c1-2-5-22(27)26(19-10-8-18(24)9-11-19)20-12-14-25(15-13-20)16-17-6-3-4-7-21(17)23/h3-4,6-11,20H,2,5,12-16H2,1H3. The van der Waals surface area contributed by atoms with Crippen LogP contribution in [0.2, 0.25) is 5.02 Å². The average molecular weight is 389 g/mol. The first-order chi connectivity index (χ1) is 13.1. The molecule has 5 heteroatoms. The van der Waals surface area contributed by atoms with Gasteiger partial charge in [-0.05, 0) is 55.2 Å². The van der Waals surface area contributed by atoms with Crippen molar-refractivity contribution >= 4 is 23.2 Å². The van der Waals surface area contributed by atoms with Crippen molar-refractivity contribution < 1.29 is 9.18 Å². The summed E-state index contributed by atoms with van der Waals surface area (Å²) >= 11 is 6.28. The summed E-state index contributed by atoms with van der Waals surface area (Å²) in [6, 6.07) is 14.3. The lowest BCUT2D eigenvalue weighted by molar-refractivity contribution is -0.119. The van der Waals surface area contributed by atoms with Gasteiger partial charge < -0.3 is 4.90 Å². The normalized spacial score (nSPS) is 15.7. The molecule has 27 heavy (non-hydrogen) atoms. The van der Waals surface area contributed by atoms with Crippen LogP contribution in [0.15, 0.2) is 48.5 Å².